The van der Waals surface area contributed by atoms with Crippen molar-refractivity contribution in [3.8, 4) is 0 Å². The molecule has 0 saturated heterocycles. The highest BCUT2D eigenvalue weighted by Gasteiger charge is 2.31. The smallest absolute Gasteiger partial charge is 0.384 e. The van der Waals surface area contributed by atoms with Crippen molar-refractivity contribution in [1.82, 2.24) is 0 Å². The standard InChI is InChI=1S/C14H10ClF3O/c15-12-8-10(14(16,17)18)6-7-11(12)13(19)9-4-2-1-3-5-9/h1-8,13,19H. The van der Waals surface area contributed by atoms with E-state index in [1.165, 1.54) is 6.07 Å². The van der Waals surface area contributed by atoms with Gasteiger partial charge in [0.1, 0.15) is 6.10 Å². The molecule has 0 spiro atoms. The Morgan fingerprint density at radius 2 is 1.63 bits per heavy atom. The van der Waals surface area contributed by atoms with Gasteiger partial charge in [-0.15, -0.1) is 0 Å². The topological polar surface area (TPSA) is 20.2 Å². The van der Waals surface area contributed by atoms with Crippen molar-refractivity contribution in [2.45, 2.75) is 12.3 Å². The minimum Gasteiger partial charge on any atom is -0.384 e. The summed E-state index contributed by atoms with van der Waals surface area (Å²) < 4.78 is 37.5. The number of hydrogen-bond acceptors (Lipinski definition) is 1. The lowest BCUT2D eigenvalue weighted by Gasteiger charge is -2.15. The van der Waals surface area contributed by atoms with E-state index in [4.69, 9.17) is 11.6 Å². The molecule has 1 N–H and O–H groups in total. The lowest BCUT2D eigenvalue weighted by atomic mass is 10.0. The van der Waals surface area contributed by atoms with E-state index < -0.39 is 17.8 Å². The molecule has 0 bridgehead atoms. The molecule has 19 heavy (non-hydrogen) atoms. The molecule has 1 unspecified atom stereocenters. The molecule has 0 radical (unpaired) electrons. The van der Waals surface area contributed by atoms with E-state index >= 15 is 0 Å². The molecule has 0 aliphatic rings. The maximum atomic E-state index is 12.5. The summed E-state index contributed by atoms with van der Waals surface area (Å²) in [6.45, 7) is 0. The van der Waals surface area contributed by atoms with Crippen molar-refractivity contribution in [3.63, 3.8) is 0 Å². The first kappa shape index (κ1) is 13.9. The third kappa shape index (κ3) is 3.08. The molecule has 0 aromatic heterocycles. The van der Waals surface area contributed by atoms with E-state index in [1.54, 1.807) is 30.3 Å². The van der Waals surface area contributed by atoms with Crippen molar-refractivity contribution in [2.75, 3.05) is 0 Å². The lowest BCUT2D eigenvalue weighted by molar-refractivity contribution is -0.137. The molecule has 0 aliphatic carbocycles. The molecular weight excluding hydrogens is 277 g/mol. The van der Waals surface area contributed by atoms with Crippen LogP contribution < -0.4 is 0 Å². The Morgan fingerprint density at radius 3 is 2.16 bits per heavy atom. The van der Waals surface area contributed by atoms with Crippen molar-refractivity contribution >= 4 is 11.6 Å². The zero-order valence-electron chi connectivity index (χ0n) is 9.66. The number of rotatable bonds is 2. The van der Waals surface area contributed by atoms with Crippen LogP contribution in [0.15, 0.2) is 48.5 Å². The summed E-state index contributed by atoms with van der Waals surface area (Å²) >= 11 is 5.82. The largest absolute Gasteiger partial charge is 0.416 e. The van der Waals surface area contributed by atoms with Gasteiger partial charge in [0.15, 0.2) is 0 Å². The second-order valence-electron chi connectivity index (χ2n) is 4.05. The highest BCUT2D eigenvalue weighted by molar-refractivity contribution is 6.31. The van der Waals surface area contributed by atoms with Gasteiger partial charge in [-0.25, -0.2) is 0 Å². The van der Waals surface area contributed by atoms with Gasteiger partial charge in [0.05, 0.1) is 5.56 Å². The van der Waals surface area contributed by atoms with Crippen LogP contribution in [0.4, 0.5) is 13.2 Å². The van der Waals surface area contributed by atoms with Gasteiger partial charge in [0.25, 0.3) is 0 Å². The quantitative estimate of drug-likeness (QED) is 0.865. The van der Waals surface area contributed by atoms with Crippen LogP contribution in [0.5, 0.6) is 0 Å². The average Bonchev–Trinajstić information content (AvgIpc) is 2.38. The normalized spacial score (nSPS) is 13.3. The summed E-state index contributed by atoms with van der Waals surface area (Å²) in [6.07, 6.45) is -5.49. The molecule has 5 heteroatoms. The Bertz CT molecular complexity index is 567. The van der Waals surface area contributed by atoms with Crippen molar-refractivity contribution < 1.29 is 18.3 Å². The second kappa shape index (κ2) is 5.23. The summed E-state index contributed by atoms with van der Waals surface area (Å²) in [6, 6.07) is 11.5. The molecule has 1 nitrogen and oxygen atoms in total. The van der Waals surface area contributed by atoms with Crippen LogP contribution in [0.2, 0.25) is 5.02 Å². The SMILES string of the molecule is OC(c1ccccc1)c1ccc(C(F)(F)F)cc1Cl. The number of alkyl halides is 3. The fourth-order valence-corrected chi connectivity index (χ4v) is 2.02. The van der Waals surface area contributed by atoms with E-state index in [-0.39, 0.29) is 10.6 Å². The molecule has 2 aromatic rings. The van der Waals surface area contributed by atoms with Crippen LogP contribution in [0.3, 0.4) is 0 Å². The molecule has 0 amide bonds. The molecule has 100 valence electrons. The zero-order chi connectivity index (χ0) is 14.0. The number of aliphatic hydroxyl groups excluding tert-OH is 1. The molecule has 1 atom stereocenters. The first-order chi connectivity index (χ1) is 8.89. The first-order valence-electron chi connectivity index (χ1n) is 5.49. The third-order valence-electron chi connectivity index (χ3n) is 2.74. The summed E-state index contributed by atoms with van der Waals surface area (Å²) in [5, 5.41) is 10.00. The molecular formula is C14H10ClF3O. The predicted octanol–water partition coefficient (Wildman–Crippen LogP) is 4.44. The highest BCUT2D eigenvalue weighted by atomic mass is 35.5. The molecule has 0 saturated carbocycles. The Kier molecular flexibility index (Phi) is 3.83. The van der Waals surface area contributed by atoms with E-state index in [9.17, 15) is 18.3 Å². The van der Waals surface area contributed by atoms with E-state index in [0.29, 0.717) is 5.56 Å². The lowest BCUT2D eigenvalue weighted by Crippen LogP contribution is -2.07. The number of benzene rings is 2. The van der Waals surface area contributed by atoms with E-state index in [1.807, 2.05) is 0 Å². The van der Waals surface area contributed by atoms with E-state index in [2.05, 4.69) is 0 Å². The monoisotopic (exact) mass is 286 g/mol. The summed E-state index contributed by atoms with van der Waals surface area (Å²) in [5.41, 5.74) is -0.00784. The molecule has 2 aromatic carbocycles. The molecule has 0 heterocycles. The Hall–Kier alpha value is -1.52. The van der Waals surface area contributed by atoms with Crippen LogP contribution in [0, 0.1) is 0 Å². The minimum atomic E-state index is -4.44. The number of aliphatic hydroxyl groups is 1. The van der Waals surface area contributed by atoms with Gasteiger partial charge in [-0.05, 0) is 17.7 Å². The van der Waals surface area contributed by atoms with Gasteiger partial charge in [-0.1, -0.05) is 48.0 Å². The van der Waals surface area contributed by atoms with Crippen molar-refractivity contribution in [2.24, 2.45) is 0 Å². The van der Waals surface area contributed by atoms with E-state index in [0.717, 1.165) is 12.1 Å². The molecule has 0 fully saturated rings. The first-order valence-corrected chi connectivity index (χ1v) is 5.87. The molecule has 0 aliphatic heterocycles. The summed E-state index contributed by atoms with van der Waals surface area (Å²) in [7, 11) is 0. The Labute approximate surface area is 113 Å². The third-order valence-corrected chi connectivity index (χ3v) is 3.07. The fourth-order valence-electron chi connectivity index (χ4n) is 1.74. The summed E-state index contributed by atoms with van der Waals surface area (Å²) in [4.78, 5) is 0. The second-order valence-corrected chi connectivity index (χ2v) is 4.45. The predicted molar refractivity (Wildman–Crippen MR) is 67.0 cm³/mol. The van der Waals surface area contributed by atoms with Crippen LogP contribution in [-0.2, 0) is 6.18 Å². The zero-order valence-corrected chi connectivity index (χ0v) is 10.4. The van der Waals surface area contributed by atoms with Crippen LogP contribution >= 0.6 is 11.6 Å². The van der Waals surface area contributed by atoms with Gasteiger partial charge in [0.2, 0.25) is 0 Å². The van der Waals surface area contributed by atoms with Gasteiger partial charge in [-0.3, -0.25) is 0 Å². The number of hydrogen-bond donors (Lipinski definition) is 1. The summed E-state index contributed by atoms with van der Waals surface area (Å²) in [5.74, 6) is 0. The Morgan fingerprint density at radius 1 is 1.00 bits per heavy atom. The van der Waals surface area contributed by atoms with Gasteiger partial charge in [-0.2, -0.15) is 13.2 Å². The molecule has 2 rings (SSSR count). The average molecular weight is 287 g/mol. The minimum absolute atomic E-state index is 0.105. The van der Waals surface area contributed by atoms with Crippen molar-refractivity contribution in [3.05, 3.63) is 70.2 Å². The van der Waals surface area contributed by atoms with Crippen LogP contribution in [-0.4, -0.2) is 5.11 Å². The van der Waals surface area contributed by atoms with Crippen LogP contribution in [0.25, 0.3) is 0 Å². The van der Waals surface area contributed by atoms with Crippen LogP contribution in [0.1, 0.15) is 22.8 Å². The van der Waals surface area contributed by atoms with Gasteiger partial charge >= 0.3 is 6.18 Å². The van der Waals surface area contributed by atoms with Crippen molar-refractivity contribution in [1.29, 1.82) is 0 Å². The number of halogens is 4. The maximum Gasteiger partial charge on any atom is 0.416 e. The fraction of sp³-hybridized carbons (Fsp3) is 0.143. The highest BCUT2D eigenvalue weighted by Crippen LogP contribution is 2.35. The van der Waals surface area contributed by atoms with Gasteiger partial charge in [0, 0.05) is 10.6 Å². The Balaban J connectivity index is 2.37. The maximum absolute atomic E-state index is 12.5. The van der Waals surface area contributed by atoms with Gasteiger partial charge < -0.3 is 5.11 Å².